The van der Waals surface area contributed by atoms with Gasteiger partial charge >= 0.3 is 0 Å². The number of carbonyl (C=O) groups excluding carboxylic acids is 1. The first-order valence-corrected chi connectivity index (χ1v) is 8.56. The summed E-state index contributed by atoms with van der Waals surface area (Å²) in [6, 6.07) is 7.71. The number of nitrogens with one attached hydrogen (secondary N) is 1. The van der Waals surface area contributed by atoms with Gasteiger partial charge in [0, 0.05) is 16.6 Å². The van der Waals surface area contributed by atoms with Gasteiger partial charge in [0.05, 0.1) is 11.5 Å². The number of amides is 1. The second-order valence-electron chi connectivity index (χ2n) is 4.36. The van der Waals surface area contributed by atoms with Crippen molar-refractivity contribution in [2.75, 3.05) is 12.3 Å². The van der Waals surface area contributed by atoms with Gasteiger partial charge in [0.2, 0.25) is 17.6 Å². The molecule has 1 N–H and O–H groups in total. The molecule has 112 valence electrons. The molecule has 1 aromatic carbocycles. The second kappa shape index (κ2) is 8.19. The van der Waals surface area contributed by atoms with Crippen LogP contribution in [0.2, 0.25) is 0 Å². The van der Waals surface area contributed by atoms with E-state index in [9.17, 15) is 4.79 Å². The number of aromatic nitrogens is 2. The smallest absolute Gasteiger partial charge is 0.236 e. The highest BCUT2D eigenvalue weighted by Crippen LogP contribution is 2.21. The van der Waals surface area contributed by atoms with Crippen LogP contribution in [0.5, 0.6) is 0 Å². The molecule has 1 amide bonds. The number of carbonyl (C=O) groups is 1. The van der Waals surface area contributed by atoms with Gasteiger partial charge in [0.25, 0.3) is 0 Å². The van der Waals surface area contributed by atoms with Gasteiger partial charge in [-0.25, -0.2) is 0 Å². The van der Waals surface area contributed by atoms with Crippen molar-refractivity contribution in [3.63, 3.8) is 0 Å². The summed E-state index contributed by atoms with van der Waals surface area (Å²) < 4.78 is 6.16. The molecule has 7 heteroatoms. The summed E-state index contributed by atoms with van der Waals surface area (Å²) in [6.07, 6.45) is 0.941. The van der Waals surface area contributed by atoms with Gasteiger partial charge in [-0.1, -0.05) is 40.1 Å². The van der Waals surface area contributed by atoms with Gasteiger partial charge in [-0.3, -0.25) is 4.79 Å². The Kier molecular flexibility index (Phi) is 6.25. The number of rotatable bonds is 7. The monoisotopic (exact) mass is 369 g/mol. The summed E-state index contributed by atoms with van der Waals surface area (Å²) in [4.78, 5) is 15.8. The quantitative estimate of drug-likeness (QED) is 0.810. The number of nitrogens with zero attached hydrogens (tertiary/aromatic N) is 2. The van der Waals surface area contributed by atoms with Gasteiger partial charge in [-0.15, -0.1) is 11.8 Å². The number of benzene rings is 1. The lowest BCUT2D eigenvalue weighted by molar-refractivity contribution is -0.118. The highest BCUT2D eigenvalue weighted by Gasteiger charge is 2.09. The molecule has 1 aromatic heterocycles. The molecule has 0 bridgehead atoms. The number of thioether (sulfide) groups is 1. The summed E-state index contributed by atoms with van der Waals surface area (Å²) in [5.74, 6) is 2.05. The molecule has 0 radical (unpaired) electrons. The maximum absolute atomic E-state index is 11.5. The predicted octanol–water partition coefficient (Wildman–Crippen LogP) is 3.26. The summed E-state index contributed by atoms with van der Waals surface area (Å²) in [6.45, 7) is 2.74. The van der Waals surface area contributed by atoms with E-state index in [1.165, 1.54) is 11.8 Å². The molecule has 1 heterocycles. The Morgan fingerprint density at radius 2 is 2.33 bits per heavy atom. The molecule has 21 heavy (non-hydrogen) atoms. The van der Waals surface area contributed by atoms with Crippen molar-refractivity contribution in [3.05, 3.63) is 34.6 Å². The zero-order valence-corrected chi connectivity index (χ0v) is 14.0. The first-order chi connectivity index (χ1) is 10.2. The lowest BCUT2D eigenvalue weighted by Gasteiger charge is -2.01. The molecule has 0 aliphatic carbocycles. The second-order valence-corrected chi connectivity index (χ2v) is 6.27. The standard InChI is InChI=1S/C14H16BrN3O2S/c1-2-6-16-12(19)8-21-9-13-17-14(18-20-13)10-4-3-5-11(15)7-10/h3-5,7H,2,6,8-9H2,1H3,(H,16,19). The minimum Gasteiger partial charge on any atom is -0.355 e. The van der Waals surface area contributed by atoms with Crippen molar-refractivity contribution in [2.45, 2.75) is 19.1 Å². The first-order valence-electron chi connectivity index (χ1n) is 6.62. The molecule has 2 aromatic rings. The predicted molar refractivity (Wildman–Crippen MR) is 86.9 cm³/mol. The van der Waals surface area contributed by atoms with Gasteiger partial charge in [-0.05, 0) is 18.6 Å². The van der Waals surface area contributed by atoms with Gasteiger partial charge in [0.15, 0.2) is 0 Å². The van der Waals surface area contributed by atoms with Crippen LogP contribution in [0.1, 0.15) is 19.2 Å². The fourth-order valence-corrected chi connectivity index (χ4v) is 2.69. The van der Waals surface area contributed by atoms with Crippen molar-refractivity contribution in [2.24, 2.45) is 0 Å². The summed E-state index contributed by atoms with van der Waals surface area (Å²) >= 11 is 4.87. The molecule has 0 aliphatic rings. The van der Waals surface area contributed by atoms with E-state index in [2.05, 4.69) is 31.4 Å². The topological polar surface area (TPSA) is 68.0 Å². The lowest BCUT2D eigenvalue weighted by Crippen LogP contribution is -2.25. The van der Waals surface area contributed by atoms with Crippen molar-refractivity contribution in [3.8, 4) is 11.4 Å². The Bertz CT molecular complexity index is 603. The first kappa shape index (κ1) is 16.0. The fourth-order valence-electron chi connectivity index (χ4n) is 1.60. The number of hydrogen-bond acceptors (Lipinski definition) is 5. The minimum atomic E-state index is 0.0357. The molecule has 0 saturated heterocycles. The Labute approximate surface area is 136 Å². The Balaban J connectivity index is 1.85. The van der Waals surface area contributed by atoms with E-state index in [4.69, 9.17) is 4.52 Å². The van der Waals surface area contributed by atoms with Crippen molar-refractivity contribution in [1.82, 2.24) is 15.5 Å². The van der Waals surface area contributed by atoms with Crippen LogP contribution in [0.15, 0.2) is 33.3 Å². The minimum absolute atomic E-state index is 0.0357. The third-order valence-electron chi connectivity index (χ3n) is 2.58. The molecule has 0 aliphatic heterocycles. The zero-order chi connectivity index (χ0) is 15.1. The van der Waals surface area contributed by atoms with Crippen LogP contribution in [-0.4, -0.2) is 28.3 Å². The van der Waals surface area contributed by atoms with Crippen molar-refractivity contribution in [1.29, 1.82) is 0 Å². The van der Waals surface area contributed by atoms with Crippen molar-refractivity contribution < 1.29 is 9.32 Å². The van der Waals surface area contributed by atoms with Crippen LogP contribution in [-0.2, 0) is 10.5 Å². The van der Waals surface area contributed by atoms with E-state index in [1.54, 1.807) is 0 Å². The van der Waals surface area contributed by atoms with Crippen LogP contribution in [0, 0.1) is 0 Å². The average Bonchev–Trinajstić information content (AvgIpc) is 2.94. The molecule has 2 rings (SSSR count). The molecule has 0 fully saturated rings. The Morgan fingerprint density at radius 3 is 3.10 bits per heavy atom. The van der Waals surface area contributed by atoms with Crippen LogP contribution >= 0.6 is 27.7 Å². The average molecular weight is 370 g/mol. The zero-order valence-electron chi connectivity index (χ0n) is 11.6. The molecule has 0 unspecified atom stereocenters. The molecular weight excluding hydrogens is 354 g/mol. The lowest BCUT2D eigenvalue weighted by atomic mass is 10.2. The Morgan fingerprint density at radius 1 is 1.48 bits per heavy atom. The largest absolute Gasteiger partial charge is 0.355 e. The Hall–Kier alpha value is -1.34. The van der Waals surface area contributed by atoms with E-state index >= 15 is 0 Å². The molecule has 5 nitrogen and oxygen atoms in total. The van der Waals surface area contributed by atoms with Crippen LogP contribution in [0.25, 0.3) is 11.4 Å². The van der Waals surface area contributed by atoms with Gasteiger partial charge in [-0.2, -0.15) is 4.98 Å². The maximum atomic E-state index is 11.5. The SMILES string of the molecule is CCCNC(=O)CSCc1nc(-c2cccc(Br)c2)no1. The molecular formula is C14H16BrN3O2S. The van der Waals surface area contributed by atoms with Crippen molar-refractivity contribution >= 4 is 33.6 Å². The molecule has 0 atom stereocenters. The van der Waals surface area contributed by atoms with Gasteiger partial charge in [0.1, 0.15) is 0 Å². The van der Waals surface area contributed by atoms with E-state index in [0.717, 1.165) is 16.5 Å². The highest BCUT2D eigenvalue weighted by molar-refractivity contribution is 9.10. The van der Waals surface area contributed by atoms with Crippen LogP contribution in [0.3, 0.4) is 0 Å². The number of halogens is 1. The molecule has 0 saturated carbocycles. The van der Waals surface area contributed by atoms with E-state index in [1.807, 2.05) is 31.2 Å². The fraction of sp³-hybridized carbons (Fsp3) is 0.357. The van der Waals surface area contributed by atoms with Crippen LogP contribution in [0.4, 0.5) is 0 Å². The summed E-state index contributed by atoms with van der Waals surface area (Å²) in [5, 5.41) is 6.78. The van der Waals surface area contributed by atoms with E-state index in [-0.39, 0.29) is 5.91 Å². The van der Waals surface area contributed by atoms with Crippen LogP contribution < -0.4 is 5.32 Å². The third-order valence-corrected chi connectivity index (χ3v) is 3.99. The maximum Gasteiger partial charge on any atom is 0.236 e. The van der Waals surface area contributed by atoms with E-state index < -0.39 is 0 Å². The summed E-state index contributed by atoms with van der Waals surface area (Å²) in [5.41, 5.74) is 0.894. The molecule has 0 spiro atoms. The third kappa shape index (κ3) is 5.17. The number of hydrogen-bond donors (Lipinski definition) is 1. The normalized spacial score (nSPS) is 10.6. The van der Waals surface area contributed by atoms with Gasteiger partial charge < -0.3 is 9.84 Å². The summed E-state index contributed by atoms with van der Waals surface area (Å²) in [7, 11) is 0. The highest BCUT2D eigenvalue weighted by atomic mass is 79.9. The van der Waals surface area contributed by atoms with E-state index in [0.29, 0.717) is 29.8 Å².